The Bertz CT molecular complexity index is 734. The van der Waals surface area contributed by atoms with Crippen molar-refractivity contribution in [3.05, 3.63) is 90.5 Å². The Balaban J connectivity index is 1.66. The van der Waals surface area contributed by atoms with Gasteiger partial charge in [-0.2, -0.15) is 0 Å². The zero-order chi connectivity index (χ0) is 15.2. The van der Waals surface area contributed by atoms with Crippen molar-refractivity contribution < 1.29 is 4.79 Å². The predicted molar refractivity (Wildman–Crippen MR) is 92.8 cm³/mol. The van der Waals surface area contributed by atoms with Crippen LogP contribution in [0.2, 0.25) is 5.32 Å². The van der Waals surface area contributed by atoms with E-state index < -0.39 is 0 Å². The summed E-state index contributed by atoms with van der Waals surface area (Å²) in [4.78, 5) is 12.3. The van der Waals surface area contributed by atoms with Crippen LogP contribution in [-0.4, -0.2) is 20.7 Å². The molecule has 0 aliphatic rings. The van der Waals surface area contributed by atoms with Crippen molar-refractivity contribution in [2.75, 3.05) is 0 Å². The van der Waals surface area contributed by atoms with Crippen LogP contribution in [-0.2, 0) is 0 Å². The topological polar surface area (TPSA) is 17.1 Å². The summed E-state index contributed by atoms with van der Waals surface area (Å²) in [6.45, 7) is 0. The van der Waals surface area contributed by atoms with Crippen molar-refractivity contribution in [3.63, 3.8) is 0 Å². The fourth-order valence-corrected chi connectivity index (χ4v) is 3.94. The molecule has 0 atom stereocenters. The second-order valence-electron chi connectivity index (χ2n) is 4.97. The van der Waals surface area contributed by atoms with Crippen LogP contribution in [0.5, 0.6) is 0 Å². The maximum absolute atomic E-state index is 12.3. The van der Waals surface area contributed by atoms with Gasteiger partial charge in [-0.05, 0) is 0 Å². The summed E-state index contributed by atoms with van der Waals surface area (Å²) >= 11 is 0.205. The molecule has 0 radical (unpaired) electrons. The Kier molecular flexibility index (Phi) is 4.85. The van der Waals surface area contributed by atoms with E-state index in [9.17, 15) is 4.79 Å². The summed E-state index contributed by atoms with van der Waals surface area (Å²) in [7, 11) is 0. The molecule has 0 aromatic heterocycles. The van der Waals surface area contributed by atoms with Gasteiger partial charge in [0, 0.05) is 0 Å². The molecule has 0 amide bonds. The molecule has 0 saturated carbocycles. The average molecular weight is 351 g/mol. The van der Waals surface area contributed by atoms with Gasteiger partial charge < -0.3 is 0 Å². The second kappa shape index (κ2) is 7.22. The standard InChI is InChI=1S/C20H16OSe/c21-20(15-22-19-9-5-2-6-10-19)18-13-11-17(12-14-18)16-7-3-1-4-8-16/h1-14H,15H2. The SMILES string of the molecule is O=C(C[Se]c1ccccc1)c1ccc(-c2ccccc2)cc1. The van der Waals surface area contributed by atoms with Gasteiger partial charge in [0.2, 0.25) is 0 Å². The molecule has 0 fully saturated rings. The predicted octanol–water partition coefficient (Wildman–Crippen LogP) is 3.98. The fraction of sp³-hybridized carbons (Fsp3) is 0.0500. The molecular weight excluding hydrogens is 335 g/mol. The third-order valence-electron chi connectivity index (χ3n) is 3.43. The van der Waals surface area contributed by atoms with E-state index in [0.29, 0.717) is 5.32 Å². The van der Waals surface area contributed by atoms with Crippen molar-refractivity contribution in [3.8, 4) is 11.1 Å². The summed E-state index contributed by atoms with van der Waals surface area (Å²) in [6, 6.07) is 28.4. The molecular formula is C20H16OSe. The van der Waals surface area contributed by atoms with Crippen LogP contribution in [0.15, 0.2) is 84.9 Å². The molecule has 3 aromatic rings. The van der Waals surface area contributed by atoms with E-state index in [1.807, 2.05) is 60.7 Å². The molecule has 3 rings (SSSR count). The van der Waals surface area contributed by atoms with Crippen molar-refractivity contribution in [2.45, 2.75) is 5.32 Å². The first-order valence-corrected chi connectivity index (χ1v) is 9.26. The Morgan fingerprint density at radius 2 is 1.23 bits per heavy atom. The number of Topliss-reactive ketones (excluding diaryl/α,β-unsaturated/α-hetero) is 1. The molecule has 0 heterocycles. The normalized spacial score (nSPS) is 10.4. The first-order valence-electron chi connectivity index (χ1n) is 7.19. The van der Waals surface area contributed by atoms with E-state index in [-0.39, 0.29) is 20.7 Å². The first kappa shape index (κ1) is 14.8. The number of hydrogen-bond acceptors (Lipinski definition) is 1. The Morgan fingerprint density at radius 3 is 1.86 bits per heavy atom. The van der Waals surface area contributed by atoms with Crippen molar-refractivity contribution >= 4 is 25.2 Å². The van der Waals surface area contributed by atoms with E-state index >= 15 is 0 Å². The van der Waals surface area contributed by atoms with Gasteiger partial charge in [-0.15, -0.1) is 0 Å². The molecule has 1 nitrogen and oxygen atoms in total. The van der Waals surface area contributed by atoms with Gasteiger partial charge in [0.05, 0.1) is 0 Å². The first-order chi connectivity index (χ1) is 10.8. The van der Waals surface area contributed by atoms with Gasteiger partial charge in [0.25, 0.3) is 0 Å². The van der Waals surface area contributed by atoms with Crippen LogP contribution in [0.25, 0.3) is 11.1 Å². The monoisotopic (exact) mass is 352 g/mol. The van der Waals surface area contributed by atoms with Gasteiger partial charge in [0.1, 0.15) is 0 Å². The van der Waals surface area contributed by atoms with E-state index in [4.69, 9.17) is 0 Å². The number of carbonyl (C=O) groups excluding carboxylic acids is 1. The van der Waals surface area contributed by atoms with Gasteiger partial charge in [-0.3, -0.25) is 0 Å². The molecule has 22 heavy (non-hydrogen) atoms. The number of hydrogen-bond donors (Lipinski definition) is 0. The maximum atomic E-state index is 12.3. The molecule has 2 heteroatoms. The summed E-state index contributed by atoms with van der Waals surface area (Å²) in [6.07, 6.45) is 0. The number of ketones is 1. The van der Waals surface area contributed by atoms with Gasteiger partial charge in [0.15, 0.2) is 0 Å². The van der Waals surface area contributed by atoms with Crippen molar-refractivity contribution in [1.29, 1.82) is 0 Å². The van der Waals surface area contributed by atoms with E-state index in [1.54, 1.807) is 0 Å². The fourth-order valence-electron chi connectivity index (χ4n) is 2.23. The Labute approximate surface area is 137 Å². The average Bonchev–Trinajstić information content (AvgIpc) is 2.61. The molecule has 108 valence electrons. The van der Waals surface area contributed by atoms with Crippen LogP contribution in [0, 0.1) is 0 Å². The Hall–Kier alpha value is -2.15. The summed E-state index contributed by atoms with van der Waals surface area (Å²) < 4.78 is 1.27. The molecule has 0 saturated heterocycles. The van der Waals surface area contributed by atoms with Crippen LogP contribution >= 0.6 is 0 Å². The molecule has 0 N–H and O–H groups in total. The molecule has 0 spiro atoms. The Morgan fingerprint density at radius 1 is 0.682 bits per heavy atom. The van der Waals surface area contributed by atoms with Crippen LogP contribution in [0.4, 0.5) is 0 Å². The van der Waals surface area contributed by atoms with Crippen molar-refractivity contribution in [2.24, 2.45) is 0 Å². The van der Waals surface area contributed by atoms with Crippen LogP contribution in [0.1, 0.15) is 10.4 Å². The molecule has 3 aromatic carbocycles. The number of benzene rings is 3. The van der Waals surface area contributed by atoms with E-state index in [2.05, 4.69) is 24.3 Å². The third-order valence-corrected chi connectivity index (χ3v) is 5.55. The number of carbonyl (C=O) groups is 1. The third kappa shape index (κ3) is 3.73. The van der Waals surface area contributed by atoms with Gasteiger partial charge in [-0.25, -0.2) is 0 Å². The number of rotatable bonds is 5. The molecule has 0 aliphatic heterocycles. The second-order valence-corrected chi connectivity index (χ2v) is 7.17. The zero-order valence-electron chi connectivity index (χ0n) is 12.1. The summed E-state index contributed by atoms with van der Waals surface area (Å²) in [5.41, 5.74) is 3.12. The van der Waals surface area contributed by atoms with Crippen molar-refractivity contribution in [1.82, 2.24) is 0 Å². The minimum absolute atomic E-state index is 0.205. The quantitative estimate of drug-likeness (QED) is 0.502. The van der Waals surface area contributed by atoms with E-state index in [1.165, 1.54) is 10.0 Å². The van der Waals surface area contributed by atoms with Gasteiger partial charge in [-0.1, -0.05) is 0 Å². The minimum atomic E-state index is 0.205. The van der Waals surface area contributed by atoms with E-state index in [0.717, 1.165) is 11.1 Å². The molecule has 0 unspecified atom stereocenters. The van der Waals surface area contributed by atoms with Gasteiger partial charge >= 0.3 is 137 Å². The molecule has 0 aliphatic carbocycles. The van der Waals surface area contributed by atoms with Crippen LogP contribution < -0.4 is 4.46 Å². The summed E-state index contributed by atoms with van der Waals surface area (Å²) in [5, 5.41) is 0.613. The zero-order valence-corrected chi connectivity index (χ0v) is 13.8. The van der Waals surface area contributed by atoms with Crippen LogP contribution in [0.3, 0.4) is 0 Å². The molecule has 0 bridgehead atoms. The summed E-state index contributed by atoms with van der Waals surface area (Å²) in [5.74, 6) is 0.225.